The Morgan fingerprint density at radius 1 is 1.29 bits per heavy atom. The molecule has 1 amide bonds. The van der Waals surface area contributed by atoms with Gasteiger partial charge in [0.15, 0.2) is 0 Å². The molecule has 1 saturated heterocycles. The largest absolute Gasteiger partial charge is 0.381 e. The van der Waals surface area contributed by atoms with E-state index in [1.54, 1.807) is 12.2 Å². The Morgan fingerprint density at radius 3 is 2.81 bits per heavy atom. The van der Waals surface area contributed by atoms with Gasteiger partial charge in [-0.3, -0.25) is 4.79 Å². The van der Waals surface area contributed by atoms with Crippen LogP contribution in [0.5, 0.6) is 0 Å². The third kappa shape index (κ3) is 6.56. The predicted octanol–water partition coefficient (Wildman–Crippen LogP) is 2.30. The van der Waals surface area contributed by atoms with Gasteiger partial charge >= 0.3 is 0 Å². The van der Waals surface area contributed by atoms with Crippen LogP contribution in [0.15, 0.2) is 42.5 Å². The first-order valence-corrected chi connectivity index (χ1v) is 7.48. The van der Waals surface area contributed by atoms with Gasteiger partial charge in [-0.05, 0) is 24.3 Å². The molecule has 114 valence electrons. The van der Waals surface area contributed by atoms with Crippen LogP contribution in [0.4, 0.5) is 0 Å². The number of amides is 1. The summed E-state index contributed by atoms with van der Waals surface area (Å²) in [4.78, 5) is 11.6. The Morgan fingerprint density at radius 2 is 2.05 bits per heavy atom. The maximum atomic E-state index is 11.6. The van der Waals surface area contributed by atoms with Gasteiger partial charge in [-0.25, -0.2) is 0 Å². The van der Waals surface area contributed by atoms with Gasteiger partial charge in [0.05, 0.1) is 13.2 Å². The van der Waals surface area contributed by atoms with E-state index >= 15 is 0 Å². The Kier molecular flexibility index (Phi) is 6.98. The maximum absolute atomic E-state index is 11.6. The second-order valence-electron chi connectivity index (χ2n) is 5.20. The van der Waals surface area contributed by atoms with E-state index in [0.29, 0.717) is 19.1 Å². The van der Waals surface area contributed by atoms with E-state index in [1.807, 2.05) is 30.3 Å². The summed E-state index contributed by atoms with van der Waals surface area (Å²) in [5.74, 6) is 0.496. The molecule has 1 heterocycles. The second kappa shape index (κ2) is 9.32. The number of carbonyl (C=O) groups is 1. The van der Waals surface area contributed by atoms with Crippen molar-refractivity contribution in [3.8, 4) is 0 Å². The quantitative estimate of drug-likeness (QED) is 0.619. The molecule has 21 heavy (non-hydrogen) atoms. The maximum Gasteiger partial charge on any atom is 0.243 e. The molecule has 1 N–H and O–H groups in total. The fraction of sp³-hybridized carbons (Fsp3) is 0.471. The Balaban J connectivity index is 1.55. The lowest BCUT2D eigenvalue weighted by atomic mass is 10.0. The lowest BCUT2D eigenvalue weighted by Gasteiger charge is -2.21. The summed E-state index contributed by atoms with van der Waals surface area (Å²) in [7, 11) is 0. The van der Waals surface area contributed by atoms with Crippen molar-refractivity contribution in [2.75, 3.05) is 26.4 Å². The number of carbonyl (C=O) groups excluding carboxylic acids is 1. The molecule has 0 bridgehead atoms. The number of benzene rings is 1. The average molecular weight is 289 g/mol. The zero-order chi connectivity index (χ0) is 14.8. The predicted molar refractivity (Wildman–Crippen MR) is 81.8 cm³/mol. The van der Waals surface area contributed by atoms with Crippen LogP contribution in [0.3, 0.4) is 0 Å². The molecule has 1 aromatic rings. The van der Waals surface area contributed by atoms with Crippen molar-refractivity contribution in [3.05, 3.63) is 48.0 Å². The van der Waals surface area contributed by atoms with Crippen molar-refractivity contribution in [2.45, 2.75) is 19.4 Å². The number of ether oxygens (including phenoxy) is 2. The zero-order valence-corrected chi connectivity index (χ0v) is 12.3. The van der Waals surface area contributed by atoms with Crippen molar-refractivity contribution in [1.82, 2.24) is 5.32 Å². The molecule has 1 aliphatic rings. The third-order valence-electron chi connectivity index (χ3n) is 3.50. The Labute approximate surface area is 126 Å². The summed E-state index contributed by atoms with van der Waals surface area (Å²) in [5, 5.41) is 2.92. The first kappa shape index (κ1) is 15.7. The van der Waals surface area contributed by atoms with E-state index in [-0.39, 0.29) is 5.91 Å². The molecular formula is C17H23NO3. The second-order valence-corrected chi connectivity index (χ2v) is 5.20. The zero-order valence-electron chi connectivity index (χ0n) is 12.3. The lowest BCUT2D eigenvalue weighted by molar-refractivity contribution is -0.116. The summed E-state index contributed by atoms with van der Waals surface area (Å²) >= 11 is 0. The summed E-state index contributed by atoms with van der Waals surface area (Å²) in [5.41, 5.74) is 1.13. The number of hydrogen-bond donors (Lipinski definition) is 1. The minimum atomic E-state index is -0.0511. The summed E-state index contributed by atoms with van der Waals surface area (Å²) in [6, 6.07) is 9.98. The van der Waals surface area contributed by atoms with Crippen molar-refractivity contribution in [1.29, 1.82) is 0 Å². The van der Waals surface area contributed by atoms with E-state index in [2.05, 4.69) is 5.32 Å². The van der Waals surface area contributed by atoms with Crippen LogP contribution < -0.4 is 5.32 Å². The monoisotopic (exact) mass is 289 g/mol. The van der Waals surface area contributed by atoms with Crippen LogP contribution in [0.1, 0.15) is 18.4 Å². The van der Waals surface area contributed by atoms with Crippen LogP contribution in [-0.4, -0.2) is 32.3 Å². The van der Waals surface area contributed by atoms with Crippen LogP contribution in [-0.2, 0) is 20.9 Å². The topological polar surface area (TPSA) is 47.6 Å². The third-order valence-corrected chi connectivity index (χ3v) is 3.50. The van der Waals surface area contributed by atoms with E-state index in [1.165, 1.54) is 0 Å². The normalized spacial score (nSPS) is 16.2. The highest BCUT2D eigenvalue weighted by Crippen LogP contribution is 2.12. The van der Waals surface area contributed by atoms with Crippen LogP contribution in [0.25, 0.3) is 0 Å². The van der Waals surface area contributed by atoms with Gasteiger partial charge in [0, 0.05) is 25.8 Å². The van der Waals surface area contributed by atoms with Gasteiger partial charge < -0.3 is 14.8 Å². The molecule has 4 heteroatoms. The number of nitrogens with one attached hydrogen (secondary N) is 1. The first-order chi connectivity index (χ1) is 10.3. The van der Waals surface area contributed by atoms with E-state index in [0.717, 1.165) is 38.2 Å². The highest BCUT2D eigenvalue weighted by atomic mass is 16.5. The molecule has 0 saturated carbocycles. The molecule has 1 fully saturated rings. The van der Waals surface area contributed by atoms with Crippen LogP contribution in [0, 0.1) is 5.92 Å². The number of rotatable bonds is 7. The molecule has 0 aromatic heterocycles. The highest BCUT2D eigenvalue weighted by Gasteiger charge is 2.13. The first-order valence-electron chi connectivity index (χ1n) is 7.48. The van der Waals surface area contributed by atoms with Gasteiger partial charge in [-0.15, -0.1) is 0 Å². The molecule has 2 rings (SSSR count). The van der Waals surface area contributed by atoms with Gasteiger partial charge in [0.2, 0.25) is 5.91 Å². The molecule has 0 atom stereocenters. The molecule has 0 aliphatic carbocycles. The van der Waals surface area contributed by atoms with Gasteiger partial charge in [-0.1, -0.05) is 36.4 Å². The minimum absolute atomic E-state index is 0.0511. The smallest absolute Gasteiger partial charge is 0.243 e. The molecule has 4 nitrogen and oxygen atoms in total. The van der Waals surface area contributed by atoms with E-state index in [9.17, 15) is 4.79 Å². The minimum Gasteiger partial charge on any atom is -0.381 e. The summed E-state index contributed by atoms with van der Waals surface area (Å²) in [6.45, 7) is 3.36. The van der Waals surface area contributed by atoms with Crippen molar-refractivity contribution < 1.29 is 14.3 Å². The lowest BCUT2D eigenvalue weighted by Crippen LogP contribution is -2.31. The van der Waals surface area contributed by atoms with E-state index in [4.69, 9.17) is 9.47 Å². The van der Waals surface area contributed by atoms with E-state index < -0.39 is 0 Å². The molecule has 1 aliphatic heterocycles. The Bertz CT molecular complexity index is 439. The fourth-order valence-corrected chi connectivity index (χ4v) is 2.23. The molecular weight excluding hydrogens is 266 g/mol. The summed E-state index contributed by atoms with van der Waals surface area (Å²) < 4.78 is 10.8. The van der Waals surface area contributed by atoms with Crippen molar-refractivity contribution in [3.63, 3.8) is 0 Å². The molecule has 0 unspecified atom stereocenters. The van der Waals surface area contributed by atoms with Gasteiger partial charge in [-0.2, -0.15) is 0 Å². The van der Waals surface area contributed by atoms with Crippen molar-refractivity contribution >= 4 is 5.91 Å². The standard InChI is InChI=1S/C17H23NO3/c19-17(18-13-15-8-11-20-12-9-15)7-4-10-21-14-16-5-2-1-3-6-16/h1-7,15H,8-14H2,(H,18,19). The molecule has 0 spiro atoms. The molecule has 0 radical (unpaired) electrons. The number of hydrogen-bond acceptors (Lipinski definition) is 3. The SMILES string of the molecule is O=C(C=CCOCc1ccccc1)NCC1CCOCC1. The summed E-state index contributed by atoms with van der Waals surface area (Å²) in [6.07, 6.45) is 5.36. The Hall–Kier alpha value is -1.65. The van der Waals surface area contributed by atoms with Crippen LogP contribution >= 0.6 is 0 Å². The highest BCUT2D eigenvalue weighted by molar-refractivity contribution is 5.87. The average Bonchev–Trinajstić information content (AvgIpc) is 2.54. The molecule has 1 aromatic carbocycles. The van der Waals surface area contributed by atoms with Gasteiger partial charge in [0.1, 0.15) is 0 Å². The fourth-order valence-electron chi connectivity index (χ4n) is 2.23. The van der Waals surface area contributed by atoms with Crippen LogP contribution in [0.2, 0.25) is 0 Å². The van der Waals surface area contributed by atoms with Crippen molar-refractivity contribution in [2.24, 2.45) is 5.92 Å². The van der Waals surface area contributed by atoms with Gasteiger partial charge in [0.25, 0.3) is 0 Å².